The summed E-state index contributed by atoms with van der Waals surface area (Å²) >= 11 is 11.4. The fourth-order valence-electron chi connectivity index (χ4n) is 0.222. The Kier molecular flexibility index (Phi) is 14.0. The van der Waals surface area contributed by atoms with E-state index in [2.05, 4.69) is 65.2 Å². The van der Waals surface area contributed by atoms with Crippen molar-refractivity contribution in [3.8, 4) is 0 Å². The summed E-state index contributed by atoms with van der Waals surface area (Å²) in [7, 11) is 3.91. The van der Waals surface area contributed by atoms with Crippen molar-refractivity contribution >= 4 is 62.6 Å². The predicted molar refractivity (Wildman–Crippen MR) is 76.0 cm³/mol. The van der Waals surface area contributed by atoms with E-state index >= 15 is 0 Å². The minimum Gasteiger partial charge on any atom is -0.125 e. The van der Waals surface area contributed by atoms with E-state index in [4.69, 9.17) is 0 Å². The first-order chi connectivity index (χ1) is 5.36. The van der Waals surface area contributed by atoms with Crippen LogP contribution in [0, 0.1) is 0 Å². The molecular formula is C7H16S5. The fourth-order valence-corrected chi connectivity index (χ4v) is 2.00. The quantitative estimate of drug-likeness (QED) is 0.441. The molecule has 0 radical (unpaired) electrons. The Labute approximate surface area is 100 Å². The highest BCUT2D eigenvalue weighted by Gasteiger charge is 1.96. The molecule has 74 valence electrons. The van der Waals surface area contributed by atoms with Crippen molar-refractivity contribution in [3.05, 3.63) is 0 Å². The zero-order valence-electron chi connectivity index (χ0n) is 7.77. The summed E-state index contributed by atoms with van der Waals surface area (Å²) < 4.78 is 0.389. The van der Waals surface area contributed by atoms with Gasteiger partial charge < -0.3 is 0 Å². The molecule has 0 bridgehead atoms. The lowest BCUT2D eigenvalue weighted by atomic mass is 10.6. The molecule has 0 N–H and O–H groups in total. The molecule has 0 aliphatic rings. The Hall–Kier alpha value is 1.49. The third kappa shape index (κ3) is 30.0. The summed E-state index contributed by atoms with van der Waals surface area (Å²) in [4.78, 5) is 0. The number of rotatable bonds is 3. The lowest BCUT2D eigenvalue weighted by Crippen LogP contribution is -1.86. The molecule has 0 atom stereocenters. The maximum absolute atomic E-state index is 4.27. The molecule has 0 aromatic rings. The summed E-state index contributed by atoms with van der Waals surface area (Å²) in [5.41, 5.74) is 0. The van der Waals surface area contributed by atoms with Crippen molar-refractivity contribution in [2.45, 2.75) is 38.2 Å². The second kappa shape index (κ2) is 10.6. The van der Waals surface area contributed by atoms with Gasteiger partial charge >= 0.3 is 0 Å². The van der Waals surface area contributed by atoms with Crippen LogP contribution in [-0.4, -0.2) is 14.0 Å². The van der Waals surface area contributed by atoms with Crippen LogP contribution in [0.3, 0.4) is 0 Å². The number of thiocarbonyl (C=S) groups is 1. The second-order valence-electron chi connectivity index (χ2n) is 2.57. The summed E-state index contributed by atoms with van der Waals surface area (Å²) in [5, 5.41) is 1.53. The summed E-state index contributed by atoms with van der Waals surface area (Å²) in [6, 6.07) is 0. The van der Waals surface area contributed by atoms with Gasteiger partial charge in [0.05, 0.1) is 3.53 Å². The lowest BCUT2D eigenvalue weighted by molar-refractivity contribution is 1.11. The van der Waals surface area contributed by atoms with Crippen LogP contribution in [0.1, 0.15) is 27.7 Å². The topological polar surface area (TPSA) is 0 Å². The smallest absolute Gasteiger partial charge is 0.0976 e. The van der Waals surface area contributed by atoms with Crippen LogP contribution in [0.2, 0.25) is 0 Å². The predicted octanol–water partition coefficient (Wildman–Crippen LogP) is 4.32. The SMILES string of the molecule is CC(C)SSC(C)C.S=C(S)S. The van der Waals surface area contributed by atoms with Crippen LogP contribution in [0.5, 0.6) is 0 Å². The van der Waals surface area contributed by atoms with Gasteiger partial charge in [-0.15, -0.1) is 25.3 Å². The Morgan fingerprint density at radius 3 is 1.25 bits per heavy atom. The van der Waals surface area contributed by atoms with Crippen molar-refractivity contribution in [3.63, 3.8) is 0 Å². The van der Waals surface area contributed by atoms with E-state index < -0.39 is 0 Å². The molecule has 0 aliphatic heterocycles. The fraction of sp³-hybridized carbons (Fsp3) is 0.857. The molecule has 5 heteroatoms. The normalized spacial score (nSPS) is 9.67. The number of hydrogen-bond donors (Lipinski definition) is 2. The molecule has 0 rings (SSSR count). The van der Waals surface area contributed by atoms with Gasteiger partial charge in [0.2, 0.25) is 0 Å². The molecule has 0 unspecified atom stereocenters. The first-order valence-corrected chi connectivity index (χ1v) is 7.18. The van der Waals surface area contributed by atoms with E-state index in [0.29, 0.717) is 3.53 Å². The highest BCUT2D eigenvalue weighted by atomic mass is 33.1. The van der Waals surface area contributed by atoms with Crippen LogP contribution >= 0.6 is 59.1 Å². The van der Waals surface area contributed by atoms with E-state index in [9.17, 15) is 0 Å². The van der Waals surface area contributed by atoms with Gasteiger partial charge in [-0.05, 0) is 0 Å². The zero-order chi connectivity index (χ0) is 10.1. The maximum Gasteiger partial charge on any atom is 0.0976 e. The van der Waals surface area contributed by atoms with Crippen LogP contribution < -0.4 is 0 Å². The highest BCUT2D eigenvalue weighted by Crippen LogP contribution is 2.29. The van der Waals surface area contributed by atoms with Crippen LogP contribution in [0.15, 0.2) is 0 Å². The summed E-state index contributed by atoms with van der Waals surface area (Å²) in [6.07, 6.45) is 0. The maximum atomic E-state index is 4.27. The Morgan fingerprint density at radius 2 is 1.17 bits per heavy atom. The van der Waals surface area contributed by atoms with Gasteiger partial charge in [0.15, 0.2) is 0 Å². The van der Waals surface area contributed by atoms with Gasteiger partial charge in [0.1, 0.15) is 0 Å². The van der Waals surface area contributed by atoms with Crippen LogP contribution in [0.4, 0.5) is 0 Å². The van der Waals surface area contributed by atoms with E-state index in [1.807, 2.05) is 21.6 Å². The monoisotopic (exact) mass is 260 g/mol. The molecule has 0 aromatic carbocycles. The first kappa shape index (κ1) is 15.9. The molecule has 0 aromatic heterocycles. The van der Waals surface area contributed by atoms with Gasteiger partial charge in [-0.1, -0.05) is 61.5 Å². The minimum atomic E-state index is 0.389. The van der Waals surface area contributed by atoms with Crippen molar-refractivity contribution < 1.29 is 0 Å². The van der Waals surface area contributed by atoms with Crippen molar-refractivity contribution in [2.24, 2.45) is 0 Å². The van der Waals surface area contributed by atoms with Gasteiger partial charge in [-0.2, -0.15) is 0 Å². The summed E-state index contributed by atoms with van der Waals surface area (Å²) in [5.74, 6) is 0. The standard InChI is InChI=1S/C6H14S2.CH2S3/c1-5(2)7-8-6(3)4;2-1(3)4/h5-6H,1-4H3;(H2,2,3,4). The molecule has 0 spiro atoms. The molecule has 0 heterocycles. The van der Waals surface area contributed by atoms with E-state index in [1.54, 1.807) is 0 Å². The second-order valence-corrected chi connectivity index (χ2v) is 8.26. The van der Waals surface area contributed by atoms with Crippen LogP contribution in [0.25, 0.3) is 0 Å². The third-order valence-corrected chi connectivity index (χ3v) is 3.96. The van der Waals surface area contributed by atoms with Gasteiger partial charge in [0, 0.05) is 10.5 Å². The summed E-state index contributed by atoms with van der Waals surface area (Å²) in [6.45, 7) is 8.89. The average molecular weight is 261 g/mol. The minimum absolute atomic E-state index is 0.389. The van der Waals surface area contributed by atoms with E-state index in [0.717, 1.165) is 10.5 Å². The molecule has 0 nitrogen and oxygen atoms in total. The van der Waals surface area contributed by atoms with Crippen molar-refractivity contribution in [1.29, 1.82) is 0 Å². The van der Waals surface area contributed by atoms with E-state index in [1.165, 1.54) is 0 Å². The lowest BCUT2D eigenvalue weighted by Gasteiger charge is -2.04. The molecule has 0 saturated carbocycles. The zero-order valence-corrected chi connectivity index (χ0v) is 12.0. The Balaban J connectivity index is 0. The largest absolute Gasteiger partial charge is 0.125 e. The molecule has 0 fully saturated rings. The van der Waals surface area contributed by atoms with Crippen molar-refractivity contribution in [2.75, 3.05) is 0 Å². The highest BCUT2D eigenvalue weighted by molar-refractivity contribution is 8.77. The average Bonchev–Trinajstić information content (AvgIpc) is 1.82. The number of thiol groups is 2. The van der Waals surface area contributed by atoms with Crippen LogP contribution in [-0.2, 0) is 0 Å². The van der Waals surface area contributed by atoms with Gasteiger partial charge in [0.25, 0.3) is 0 Å². The molecule has 0 aliphatic carbocycles. The van der Waals surface area contributed by atoms with Gasteiger partial charge in [-0.25, -0.2) is 0 Å². The Bertz CT molecular complexity index is 98.4. The van der Waals surface area contributed by atoms with E-state index in [-0.39, 0.29) is 0 Å². The number of hydrogen-bond acceptors (Lipinski definition) is 3. The molecule has 12 heavy (non-hydrogen) atoms. The Morgan fingerprint density at radius 1 is 1.00 bits per heavy atom. The third-order valence-electron chi connectivity index (χ3n) is 0.440. The molecular weight excluding hydrogens is 244 g/mol. The van der Waals surface area contributed by atoms with Gasteiger partial charge in [-0.3, -0.25) is 0 Å². The van der Waals surface area contributed by atoms with Crippen molar-refractivity contribution in [1.82, 2.24) is 0 Å². The first-order valence-electron chi connectivity index (χ1n) is 3.60. The molecule has 0 saturated heterocycles. The molecule has 0 amide bonds.